The first-order chi connectivity index (χ1) is 10.3. The second-order valence-electron chi connectivity index (χ2n) is 5.05. The van der Waals surface area contributed by atoms with Crippen LogP contribution < -0.4 is 0 Å². The number of esters is 1. The van der Waals surface area contributed by atoms with Crippen molar-refractivity contribution in [2.45, 2.75) is 26.0 Å². The van der Waals surface area contributed by atoms with Crippen molar-refractivity contribution in [1.82, 2.24) is 15.0 Å². The Labute approximate surface area is 122 Å². The van der Waals surface area contributed by atoms with Gasteiger partial charge in [0, 0.05) is 6.61 Å². The Hall–Kier alpha value is -2.21. The number of ether oxygens (including phenoxy) is 2. The van der Waals surface area contributed by atoms with Gasteiger partial charge in [-0.05, 0) is 18.9 Å². The molecule has 0 N–H and O–H groups in total. The van der Waals surface area contributed by atoms with Gasteiger partial charge < -0.3 is 9.47 Å². The first kappa shape index (κ1) is 13.8. The minimum atomic E-state index is -0.443. The third-order valence-corrected chi connectivity index (χ3v) is 3.59. The first-order valence-electron chi connectivity index (χ1n) is 6.96. The van der Waals surface area contributed by atoms with Gasteiger partial charge in [-0.25, -0.2) is 9.48 Å². The molecule has 6 nitrogen and oxygen atoms in total. The van der Waals surface area contributed by atoms with Crippen LogP contribution in [0, 0.1) is 6.92 Å². The Morgan fingerprint density at radius 2 is 2.24 bits per heavy atom. The molecule has 110 valence electrons. The third-order valence-electron chi connectivity index (χ3n) is 3.59. The summed E-state index contributed by atoms with van der Waals surface area (Å²) in [6.07, 6.45) is 0.892. The zero-order valence-electron chi connectivity index (χ0n) is 11.9. The fraction of sp³-hybridized carbons (Fsp3) is 0.400. The van der Waals surface area contributed by atoms with Crippen molar-refractivity contribution in [3.8, 4) is 0 Å². The maximum Gasteiger partial charge on any atom is 0.361 e. The summed E-state index contributed by atoms with van der Waals surface area (Å²) in [6.45, 7) is 3.40. The van der Waals surface area contributed by atoms with Crippen LogP contribution in [0.5, 0.6) is 0 Å². The van der Waals surface area contributed by atoms with Crippen LogP contribution in [0.2, 0.25) is 0 Å². The molecule has 21 heavy (non-hydrogen) atoms. The van der Waals surface area contributed by atoms with Crippen LogP contribution in [-0.4, -0.2) is 34.2 Å². The highest BCUT2D eigenvalue weighted by atomic mass is 16.5. The van der Waals surface area contributed by atoms with Gasteiger partial charge in [0.15, 0.2) is 5.69 Å². The maximum atomic E-state index is 12.1. The van der Waals surface area contributed by atoms with Crippen LogP contribution in [0.15, 0.2) is 30.3 Å². The fourth-order valence-corrected chi connectivity index (χ4v) is 2.38. The number of aromatic nitrogens is 3. The average Bonchev–Trinajstić information content (AvgIpc) is 3.15. The molecule has 1 unspecified atom stereocenters. The summed E-state index contributed by atoms with van der Waals surface area (Å²) in [5.74, 6) is -0.443. The van der Waals surface area contributed by atoms with Gasteiger partial charge in [-0.1, -0.05) is 35.5 Å². The number of carbonyl (C=O) groups excluding carboxylic acids is 1. The van der Waals surface area contributed by atoms with E-state index in [-0.39, 0.29) is 18.3 Å². The van der Waals surface area contributed by atoms with Crippen LogP contribution in [0.3, 0.4) is 0 Å². The van der Waals surface area contributed by atoms with Crippen LogP contribution in [0.4, 0.5) is 0 Å². The number of nitrogens with zero attached hydrogens (tertiary/aromatic N) is 3. The van der Waals surface area contributed by atoms with Gasteiger partial charge in [0.05, 0.1) is 18.3 Å². The van der Waals surface area contributed by atoms with Crippen molar-refractivity contribution >= 4 is 5.97 Å². The summed E-state index contributed by atoms with van der Waals surface area (Å²) in [5, 5.41) is 8.02. The Morgan fingerprint density at radius 1 is 1.43 bits per heavy atom. The topological polar surface area (TPSA) is 66.2 Å². The van der Waals surface area contributed by atoms with Gasteiger partial charge in [-0.2, -0.15) is 0 Å². The van der Waals surface area contributed by atoms with Crippen LogP contribution in [-0.2, 0) is 16.1 Å². The highest BCUT2D eigenvalue weighted by molar-refractivity contribution is 5.88. The number of carbonyl (C=O) groups is 1. The summed E-state index contributed by atoms with van der Waals surface area (Å²) in [5.41, 5.74) is 1.95. The van der Waals surface area contributed by atoms with Crippen molar-refractivity contribution in [1.29, 1.82) is 0 Å². The van der Waals surface area contributed by atoms with E-state index in [0.29, 0.717) is 6.61 Å². The molecule has 1 saturated heterocycles. The van der Waals surface area contributed by atoms with Crippen LogP contribution >= 0.6 is 0 Å². The van der Waals surface area contributed by atoms with E-state index in [4.69, 9.17) is 9.47 Å². The molecule has 0 amide bonds. The molecule has 0 spiro atoms. The molecule has 1 fully saturated rings. The molecule has 1 aromatic heterocycles. The number of hydrogen-bond acceptors (Lipinski definition) is 5. The molecule has 0 aliphatic carbocycles. The molecule has 1 aliphatic heterocycles. The van der Waals surface area contributed by atoms with Crippen molar-refractivity contribution in [3.63, 3.8) is 0 Å². The Kier molecular flexibility index (Phi) is 3.96. The number of benzene rings is 1. The number of hydrogen-bond donors (Lipinski definition) is 0. The smallest absolute Gasteiger partial charge is 0.361 e. The third kappa shape index (κ3) is 2.95. The number of rotatable bonds is 4. The van der Waals surface area contributed by atoms with E-state index in [0.717, 1.165) is 24.3 Å². The molecule has 2 aromatic rings. The summed E-state index contributed by atoms with van der Waals surface area (Å²) in [6, 6.07) is 9.72. The van der Waals surface area contributed by atoms with Gasteiger partial charge in [-0.15, -0.1) is 5.10 Å². The van der Waals surface area contributed by atoms with E-state index in [1.54, 1.807) is 4.68 Å². The average molecular weight is 287 g/mol. The van der Waals surface area contributed by atoms with Crippen molar-refractivity contribution in [2.75, 3.05) is 13.2 Å². The Balaban J connectivity index is 1.67. The van der Waals surface area contributed by atoms with Crippen LogP contribution in [0.1, 0.15) is 34.2 Å². The van der Waals surface area contributed by atoms with Gasteiger partial charge in [0.2, 0.25) is 0 Å². The highest BCUT2D eigenvalue weighted by Gasteiger charge is 2.25. The van der Waals surface area contributed by atoms with Gasteiger partial charge in [0.25, 0.3) is 0 Å². The Bertz CT molecular complexity index is 618. The van der Waals surface area contributed by atoms with E-state index in [1.807, 2.05) is 37.3 Å². The predicted octanol–water partition coefficient (Wildman–Crippen LogP) is 1.90. The van der Waals surface area contributed by atoms with Crippen LogP contribution in [0.25, 0.3) is 0 Å². The highest BCUT2D eigenvalue weighted by Crippen LogP contribution is 2.20. The van der Waals surface area contributed by atoms with Crippen molar-refractivity contribution in [2.24, 2.45) is 0 Å². The fourth-order valence-electron chi connectivity index (χ4n) is 2.38. The lowest BCUT2D eigenvalue weighted by Gasteiger charge is -2.09. The zero-order valence-corrected chi connectivity index (χ0v) is 11.9. The minimum absolute atomic E-state index is 0.160. The van der Waals surface area contributed by atoms with E-state index < -0.39 is 5.97 Å². The molecule has 0 saturated carbocycles. The second kappa shape index (κ2) is 6.05. The lowest BCUT2D eigenvalue weighted by atomic mass is 10.2. The second-order valence-corrected chi connectivity index (χ2v) is 5.05. The van der Waals surface area contributed by atoms with E-state index in [1.165, 1.54) is 0 Å². The van der Waals surface area contributed by atoms with E-state index in [9.17, 15) is 4.79 Å². The summed E-state index contributed by atoms with van der Waals surface area (Å²) in [4.78, 5) is 12.1. The zero-order chi connectivity index (χ0) is 14.7. The molecule has 0 bridgehead atoms. The molecule has 3 rings (SSSR count). The van der Waals surface area contributed by atoms with Gasteiger partial charge >= 0.3 is 5.97 Å². The van der Waals surface area contributed by atoms with E-state index in [2.05, 4.69) is 10.3 Å². The maximum absolute atomic E-state index is 12.1. The minimum Gasteiger partial charge on any atom is -0.456 e. The lowest BCUT2D eigenvalue weighted by Crippen LogP contribution is -2.13. The molecule has 6 heteroatoms. The molecule has 1 aromatic carbocycles. The molecule has 1 atom stereocenters. The van der Waals surface area contributed by atoms with Crippen molar-refractivity contribution < 1.29 is 14.3 Å². The molecule has 0 radical (unpaired) electrons. The SMILES string of the molecule is Cc1c(C(=O)OCc2ccccc2)nnn1C1CCOC1. The largest absolute Gasteiger partial charge is 0.456 e. The van der Waals surface area contributed by atoms with Gasteiger partial charge in [-0.3, -0.25) is 0 Å². The molecular weight excluding hydrogens is 270 g/mol. The molecular formula is C15H17N3O3. The summed E-state index contributed by atoms with van der Waals surface area (Å²) < 4.78 is 12.4. The molecule has 2 heterocycles. The van der Waals surface area contributed by atoms with Gasteiger partial charge in [0.1, 0.15) is 6.61 Å². The van der Waals surface area contributed by atoms with Crippen molar-refractivity contribution in [3.05, 3.63) is 47.3 Å². The Morgan fingerprint density at radius 3 is 2.95 bits per heavy atom. The predicted molar refractivity (Wildman–Crippen MR) is 74.8 cm³/mol. The normalized spacial score (nSPS) is 17.9. The first-order valence-corrected chi connectivity index (χ1v) is 6.96. The summed E-state index contributed by atoms with van der Waals surface area (Å²) >= 11 is 0. The lowest BCUT2D eigenvalue weighted by molar-refractivity contribution is 0.0464. The molecule has 1 aliphatic rings. The standard InChI is InChI=1S/C15H17N3O3/c1-11-14(16-17-18(11)13-7-8-20-10-13)15(19)21-9-12-5-3-2-4-6-12/h2-6,13H,7-10H2,1H3. The quantitative estimate of drug-likeness (QED) is 0.804. The van der Waals surface area contributed by atoms with E-state index >= 15 is 0 Å². The monoisotopic (exact) mass is 287 g/mol. The summed E-state index contributed by atoms with van der Waals surface area (Å²) in [7, 11) is 0.